The van der Waals surface area contributed by atoms with E-state index in [-0.39, 0.29) is 5.91 Å². The quantitative estimate of drug-likeness (QED) is 0.797. The fourth-order valence-electron chi connectivity index (χ4n) is 2.25. The molecule has 1 amide bonds. The van der Waals surface area contributed by atoms with E-state index in [1.54, 1.807) is 18.4 Å². The van der Waals surface area contributed by atoms with Crippen molar-refractivity contribution in [3.63, 3.8) is 0 Å². The van der Waals surface area contributed by atoms with E-state index in [9.17, 15) is 4.79 Å². The molecule has 4 nitrogen and oxygen atoms in total. The maximum Gasteiger partial charge on any atom is 0.228 e. The Balaban J connectivity index is 1.69. The van der Waals surface area contributed by atoms with Gasteiger partial charge in [0.15, 0.2) is 0 Å². The van der Waals surface area contributed by atoms with E-state index in [0.717, 1.165) is 32.2 Å². The van der Waals surface area contributed by atoms with E-state index in [2.05, 4.69) is 10.3 Å². The number of anilines is 1. The number of thiazole rings is 1. The van der Waals surface area contributed by atoms with Crippen LogP contribution in [0.25, 0.3) is 10.2 Å². The summed E-state index contributed by atoms with van der Waals surface area (Å²) >= 11 is 1.63. The lowest BCUT2D eigenvalue weighted by atomic mass is 10.1. The maximum absolute atomic E-state index is 12.1. The van der Waals surface area contributed by atoms with Gasteiger partial charge in [0.2, 0.25) is 5.91 Å². The van der Waals surface area contributed by atoms with Gasteiger partial charge in [-0.1, -0.05) is 12.1 Å². The Morgan fingerprint density at radius 2 is 2.00 bits per heavy atom. The molecule has 112 valence electrons. The number of ether oxygens (including phenoxy) is 1. The van der Waals surface area contributed by atoms with Gasteiger partial charge in [0.05, 0.1) is 28.8 Å². The van der Waals surface area contributed by atoms with Gasteiger partial charge in [0, 0.05) is 5.69 Å². The molecular formula is C17H16N2O2S. The molecule has 0 aliphatic heterocycles. The first kappa shape index (κ1) is 14.5. The Morgan fingerprint density at radius 1 is 1.23 bits per heavy atom. The molecule has 0 aliphatic rings. The first-order valence-electron chi connectivity index (χ1n) is 6.94. The lowest BCUT2D eigenvalue weighted by Gasteiger charge is -2.06. The molecule has 0 spiro atoms. The zero-order chi connectivity index (χ0) is 15.5. The van der Waals surface area contributed by atoms with Crippen LogP contribution in [0.2, 0.25) is 0 Å². The summed E-state index contributed by atoms with van der Waals surface area (Å²) in [6, 6.07) is 13.3. The second kappa shape index (κ2) is 6.15. The van der Waals surface area contributed by atoms with Gasteiger partial charge in [-0.2, -0.15) is 0 Å². The number of carbonyl (C=O) groups is 1. The summed E-state index contributed by atoms with van der Waals surface area (Å²) in [7, 11) is 1.62. The van der Waals surface area contributed by atoms with E-state index in [0.29, 0.717) is 6.42 Å². The van der Waals surface area contributed by atoms with Crippen LogP contribution in [0.4, 0.5) is 5.69 Å². The molecule has 3 rings (SSSR count). The molecule has 0 fully saturated rings. The van der Waals surface area contributed by atoms with Gasteiger partial charge in [-0.3, -0.25) is 4.79 Å². The van der Waals surface area contributed by atoms with E-state index in [1.165, 1.54) is 0 Å². The predicted octanol–water partition coefficient (Wildman–Crippen LogP) is 3.79. The fourth-order valence-corrected chi connectivity index (χ4v) is 3.12. The summed E-state index contributed by atoms with van der Waals surface area (Å²) in [5, 5.41) is 3.95. The van der Waals surface area contributed by atoms with E-state index >= 15 is 0 Å². The Morgan fingerprint density at radius 3 is 2.73 bits per heavy atom. The number of amides is 1. The maximum atomic E-state index is 12.1. The molecule has 22 heavy (non-hydrogen) atoms. The zero-order valence-electron chi connectivity index (χ0n) is 12.4. The van der Waals surface area contributed by atoms with E-state index in [4.69, 9.17) is 4.74 Å². The number of fused-ring (bicyclic) bond motifs is 1. The van der Waals surface area contributed by atoms with Crippen LogP contribution >= 0.6 is 11.3 Å². The van der Waals surface area contributed by atoms with Crippen molar-refractivity contribution in [1.29, 1.82) is 0 Å². The molecule has 0 radical (unpaired) electrons. The SMILES string of the molecule is COc1ccc(CC(=O)Nc2ccc3nc(C)sc3c2)cc1. The molecule has 0 saturated heterocycles. The molecular weight excluding hydrogens is 296 g/mol. The minimum atomic E-state index is -0.0363. The highest BCUT2D eigenvalue weighted by molar-refractivity contribution is 7.18. The fraction of sp³-hybridized carbons (Fsp3) is 0.176. The Labute approximate surface area is 132 Å². The highest BCUT2D eigenvalue weighted by Gasteiger charge is 2.06. The van der Waals surface area contributed by atoms with Crippen LogP contribution in [0.3, 0.4) is 0 Å². The number of hydrogen-bond acceptors (Lipinski definition) is 4. The summed E-state index contributed by atoms with van der Waals surface area (Å²) in [6.07, 6.45) is 0.337. The zero-order valence-corrected chi connectivity index (χ0v) is 13.2. The summed E-state index contributed by atoms with van der Waals surface area (Å²) in [6.45, 7) is 1.98. The highest BCUT2D eigenvalue weighted by Crippen LogP contribution is 2.24. The van der Waals surface area contributed by atoms with Gasteiger partial charge < -0.3 is 10.1 Å². The number of rotatable bonds is 4. The first-order valence-corrected chi connectivity index (χ1v) is 7.75. The average molecular weight is 312 g/mol. The summed E-state index contributed by atoms with van der Waals surface area (Å²) in [4.78, 5) is 16.5. The number of nitrogens with zero attached hydrogens (tertiary/aromatic N) is 1. The minimum absolute atomic E-state index is 0.0363. The van der Waals surface area contributed by atoms with Crippen molar-refractivity contribution in [3.8, 4) is 5.75 Å². The van der Waals surface area contributed by atoms with Crippen LogP contribution in [0.1, 0.15) is 10.6 Å². The average Bonchev–Trinajstić information content (AvgIpc) is 2.87. The van der Waals surface area contributed by atoms with Crippen LogP contribution in [-0.4, -0.2) is 18.0 Å². The standard InChI is InChI=1S/C17H16N2O2S/c1-11-18-15-8-5-13(10-16(15)22-11)19-17(20)9-12-3-6-14(21-2)7-4-12/h3-8,10H,9H2,1-2H3,(H,19,20). The van der Waals surface area contributed by atoms with Gasteiger partial charge in [-0.25, -0.2) is 4.98 Å². The third kappa shape index (κ3) is 3.26. The van der Waals surface area contributed by atoms with Crippen LogP contribution in [0.15, 0.2) is 42.5 Å². The van der Waals surface area contributed by atoms with Crippen molar-refractivity contribution >= 4 is 33.1 Å². The summed E-state index contributed by atoms with van der Waals surface area (Å²) in [5.74, 6) is 0.751. The third-order valence-electron chi connectivity index (χ3n) is 3.30. The predicted molar refractivity (Wildman–Crippen MR) is 89.7 cm³/mol. The van der Waals surface area contributed by atoms with Crippen LogP contribution in [-0.2, 0) is 11.2 Å². The van der Waals surface area contributed by atoms with Crippen LogP contribution in [0.5, 0.6) is 5.75 Å². The number of methoxy groups -OCH3 is 1. The van der Waals surface area contributed by atoms with Crippen molar-refractivity contribution in [3.05, 3.63) is 53.0 Å². The number of aromatic nitrogens is 1. The number of nitrogens with one attached hydrogen (secondary N) is 1. The Kier molecular flexibility index (Phi) is 4.06. The molecule has 1 heterocycles. The summed E-state index contributed by atoms with van der Waals surface area (Å²) < 4.78 is 6.19. The Hall–Kier alpha value is -2.40. The first-order chi connectivity index (χ1) is 10.6. The topological polar surface area (TPSA) is 51.2 Å². The van der Waals surface area contributed by atoms with Crippen LogP contribution in [0, 0.1) is 6.92 Å². The van der Waals surface area contributed by atoms with Crippen molar-refractivity contribution < 1.29 is 9.53 Å². The molecule has 0 bridgehead atoms. The number of aryl methyl sites for hydroxylation is 1. The lowest BCUT2D eigenvalue weighted by molar-refractivity contribution is -0.115. The lowest BCUT2D eigenvalue weighted by Crippen LogP contribution is -2.14. The van der Waals surface area contributed by atoms with E-state index in [1.807, 2.05) is 49.4 Å². The number of benzene rings is 2. The van der Waals surface area contributed by atoms with Gasteiger partial charge in [0.25, 0.3) is 0 Å². The molecule has 1 aromatic heterocycles. The van der Waals surface area contributed by atoms with Crippen molar-refractivity contribution in [2.75, 3.05) is 12.4 Å². The van der Waals surface area contributed by atoms with Gasteiger partial charge in [-0.05, 0) is 42.8 Å². The van der Waals surface area contributed by atoms with Gasteiger partial charge >= 0.3 is 0 Å². The van der Waals surface area contributed by atoms with Gasteiger partial charge in [0.1, 0.15) is 5.75 Å². The minimum Gasteiger partial charge on any atom is -0.497 e. The normalized spacial score (nSPS) is 10.6. The van der Waals surface area contributed by atoms with Crippen molar-refractivity contribution in [1.82, 2.24) is 4.98 Å². The van der Waals surface area contributed by atoms with Crippen LogP contribution < -0.4 is 10.1 Å². The number of hydrogen-bond donors (Lipinski definition) is 1. The molecule has 0 atom stereocenters. The van der Waals surface area contributed by atoms with Crippen molar-refractivity contribution in [2.45, 2.75) is 13.3 Å². The smallest absolute Gasteiger partial charge is 0.228 e. The molecule has 3 aromatic rings. The van der Waals surface area contributed by atoms with Gasteiger partial charge in [-0.15, -0.1) is 11.3 Å². The molecule has 0 aliphatic carbocycles. The Bertz CT molecular complexity index is 809. The second-order valence-electron chi connectivity index (χ2n) is 4.99. The molecule has 0 unspecified atom stereocenters. The summed E-state index contributed by atoms with van der Waals surface area (Å²) in [5.41, 5.74) is 2.72. The largest absolute Gasteiger partial charge is 0.497 e. The second-order valence-corrected chi connectivity index (χ2v) is 6.22. The monoisotopic (exact) mass is 312 g/mol. The molecule has 1 N–H and O–H groups in total. The molecule has 5 heteroatoms. The van der Waals surface area contributed by atoms with Crippen molar-refractivity contribution in [2.24, 2.45) is 0 Å². The number of carbonyl (C=O) groups excluding carboxylic acids is 1. The van der Waals surface area contributed by atoms with E-state index < -0.39 is 0 Å². The highest BCUT2D eigenvalue weighted by atomic mass is 32.1. The molecule has 2 aromatic carbocycles. The third-order valence-corrected chi connectivity index (χ3v) is 4.24. The molecule has 0 saturated carbocycles.